The molecule has 2 aliphatic heterocycles. The number of pyridine rings is 2. The van der Waals surface area contributed by atoms with Crippen molar-refractivity contribution in [3.8, 4) is 11.3 Å². The molecule has 0 saturated carbocycles. The third kappa shape index (κ3) is 3.99. The Hall–Kier alpha value is -3.00. The lowest BCUT2D eigenvalue weighted by Gasteiger charge is -2.29. The molecule has 1 saturated heterocycles. The summed E-state index contributed by atoms with van der Waals surface area (Å²) in [6.07, 6.45) is 6.99. The van der Waals surface area contributed by atoms with Gasteiger partial charge in [-0.15, -0.1) is 0 Å². The number of amides is 1. The number of hydrogen-bond acceptors (Lipinski definition) is 6. The summed E-state index contributed by atoms with van der Waals surface area (Å²) in [6.45, 7) is 5.81. The van der Waals surface area contributed by atoms with E-state index < -0.39 is 0 Å². The van der Waals surface area contributed by atoms with Gasteiger partial charge in [-0.3, -0.25) is 14.9 Å². The fourth-order valence-corrected chi connectivity index (χ4v) is 5.30. The van der Waals surface area contributed by atoms with Gasteiger partial charge in [-0.05, 0) is 36.1 Å². The number of nitrogens with one attached hydrogen (secondary N) is 1. The third-order valence-corrected chi connectivity index (χ3v) is 7.27. The fraction of sp³-hybridized carbons (Fsp3) is 0.348. The maximum absolute atomic E-state index is 11.9. The van der Waals surface area contributed by atoms with Crippen molar-refractivity contribution in [2.75, 3.05) is 6.54 Å². The molecule has 31 heavy (non-hydrogen) atoms. The number of fused-ring (bicyclic) bond motifs is 1. The Labute approximate surface area is 185 Å². The number of aromatic amines is 1. The molecule has 0 spiro atoms. The second-order valence-corrected chi connectivity index (χ2v) is 9.14. The van der Waals surface area contributed by atoms with Crippen LogP contribution < -0.4 is 0 Å². The molecule has 1 N–H and O–H groups in total. The van der Waals surface area contributed by atoms with Crippen molar-refractivity contribution in [2.45, 2.75) is 44.2 Å². The zero-order valence-electron chi connectivity index (χ0n) is 17.6. The molecule has 1 amide bonds. The summed E-state index contributed by atoms with van der Waals surface area (Å²) in [5, 5.41) is 8.93. The third-order valence-electron chi connectivity index (χ3n) is 6.08. The van der Waals surface area contributed by atoms with E-state index in [-0.39, 0.29) is 11.8 Å². The lowest BCUT2D eigenvalue weighted by Crippen LogP contribution is -2.24. The monoisotopic (exact) mass is 432 g/mol. The summed E-state index contributed by atoms with van der Waals surface area (Å²) >= 11 is 1.64. The number of H-pyrrole nitrogens is 1. The van der Waals surface area contributed by atoms with Crippen molar-refractivity contribution in [3.63, 3.8) is 0 Å². The van der Waals surface area contributed by atoms with Crippen LogP contribution in [0.3, 0.4) is 0 Å². The number of rotatable bonds is 4. The van der Waals surface area contributed by atoms with E-state index in [9.17, 15) is 4.79 Å². The number of thioether (sulfide) groups is 1. The molecular weight excluding hydrogens is 408 g/mol. The molecule has 3 aromatic heterocycles. The summed E-state index contributed by atoms with van der Waals surface area (Å²) in [5.41, 5.74) is 4.88. The molecule has 2 unspecified atom stereocenters. The first-order valence-corrected chi connectivity index (χ1v) is 11.4. The maximum Gasteiger partial charge on any atom is 0.222 e. The van der Waals surface area contributed by atoms with Crippen LogP contribution in [-0.4, -0.2) is 42.6 Å². The standard InChI is InChI=1S/C23H24N6OS/c1-14-15(2)22(31-23-19(14)5-6-20(28-23)16-11-25-26-12-16)27-17-7-8-24-18(10-17)13-29-9-3-4-21(29)30/h5-8,10-12,14-15H,3-4,9,13H2,1-2H3,(H,25,26). The van der Waals surface area contributed by atoms with Gasteiger partial charge in [0.25, 0.3) is 0 Å². The van der Waals surface area contributed by atoms with Crippen LogP contribution in [-0.2, 0) is 11.3 Å². The minimum Gasteiger partial charge on any atom is -0.337 e. The molecule has 0 bridgehead atoms. The summed E-state index contributed by atoms with van der Waals surface area (Å²) in [4.78, 5) is 28.1. The molecule has 2 atom stereocenters. The van der Waals surface area contributed by atoms with Crippen molar-refractivity contribution in [1.29, 1.82) is 0 Å². The molecule has 1 fully saturated rings. The van der Waals surface area contributed by atoms with E-state index in [1.54, 1.807) is 24.2 Å². The second kappa shape index (κ2) is 8.26. The highest BCUT2D eigenvalue weighted by Gasteiger charge is 2.30. The van der Waals surface area contributed by atoms with Crippen LogP contribution in [0.25, 0.3) is 11.3 Å². The Kier molecular flexibility index (Phi) is 5.31. The number of hydrogen-bond donors (Lipinski definition) is 1. The largest absolute Gasteiger partial charge is 0.337 e. The SMILES string of the molecule is CC1C(=Nc2ccnc(CN3CCCC3=O)c2)Sc2nc(-c3cn[nH]c3)ccc2C1C. The Morgan fingerprint density at radius 2 is 2.16 bits per heavy atom. The predicted octanol–water partition coefficient (Wildman–Crippen LogP) is 4.56. The van der Waals surface area contributed by atoms with E-state index in [0.29, 0.717) is 18.9 Å². The highest BCUT2D eigenvalue weighted by molar-refractivity contribution is 8.14. The number of aliphatic imine (C=N–C) groups is 1. The van der Waals surface area contributed by atoms with Gasteiger partial charge in [-0.2, -0.15) is 5.10 Å². The van der Waals surface area contributed by atoms with Crippen LogP contribution in [0.15, 0.2) is 52.9 Å². The minimum atomic E-state index is 0.208. The average molecular weight is 433 g/mol. The number of aromatic nitrogens is 4. The van der Waals surface area contributed by atoms with Crippen LogP contribution in [0.4, 0.5) is 5.69 Å². The Morgan fingerprint density at radius 3 is 2.94 bits per heavy atom. The molecule has 0 aromatic carbocycles. The molecule has 0 aliphatic carbocycles. The van der Waals surface area contributed by atoms with Crippen molar-refractivity contribution < 1.29 is 4.79 Å². The van der Waals surface area contributed by atoms with Gasteiger partial charge in [-0.1, -0.05) is 31.7 Å². The molecule has 7 nitrogen and oxygen atoms in total. The maximum atomic E-state index is 11.9. The van der Waals surface area contributed by atoms with Crippen molar-refractivity contribution in [1.82, 2.24) is 25.1 Å². The van der Waals surface area contributed by atoms with Gasteiger partial charge in [0.2, 0.25) is 5.91 Å². The van der Waals surface area contributed by atoms with Gasteiger partial charge in [0.1, 0.15) is 5.03 Å². The molecule has 5 rings (SSSR count). The summed E-state index contributed by atoms with van der Waals surface area (Å²) in [7, 11) is 0. The fourth-order valence-electron chi connectivity index (χ4n) is 4.05. The zero-order valence-corrected chi connectivity index (χ0v) is 18.4. The lowest BCUT2D eigenvalue weighted by molar-refractivity contribution is -0.128. The van der Waals surface area contributed by atoms with Gasteiger partial charge < -0.3 is 4.90 Å². The van der Waals surface area contributed by atoms with E-state index in [4.69, 9.17) is 9.98 Å². The summed E-state index contributed by atoms with van der Waals surface area (Å²) in [6, 6.07) is 8.14. The molecule has 8 heteroatoms. The average Bonchev–Trinajstić information content (AvgIpc) is 3.44. The van der Waals surface area contributed by atoms with E-state index in [1.165, 1.54) is 5.56 Å². The number of carbonyl (C=O) groups is 1. The molecule has 5 heterocycles. The van der Waals surface area contributed by atoms with E-state index in [0.717, 1.165) is 45.7 Å². The topological polar surface area (TPSA) is 87.1 Å². The van der Waals surface area contributed by atoms with Gasteiger partial charge in [0.05, 0.1) is 34.9 Å². The molecule has 158 valence electrons. The number of likely N-dealkylation sites (tertiary alicyclic amines) is 1. The summed E-state index contributed by atoms with van der Waals surface area (Å²) < 4.78 is 0. The second-order valence-electron chi connectivity index (χ2n) is 8.13. The van der Waals surface area contributed by atoms with Crippen LogP contribution in [0, 0.1) is 5.92 Å². The Bertz CT molecular complexity index is 1140. The normalized spacial score (nSPS) is 22.2. The van der Waals surface area contributed by atoms with Crippen molar-refractivity contribution >= 4 is 28.4 Å². The first-order chi connectivity index (χ1) is 15.1. The van der Waals surface area contributed by atoms with Crippen LogP contribution in [0.5, 0.6) is 0 Å². The smallest absolute Gasteiger partial charge is 0.222 e. The van der Waals surface area contributed by atoms with Gasteiger partial charge in [0.15, 0.2) is 0 Å². The number of nitrogens with zero attached hydrogens (tertiary/aromatic N) is 5. The molecule has 0 radical (unpaired) electrons. The first-order valence-electron chi connectivity index (χ1n) is 10.6. The quantitative estimate of drug-likeness (QED) is 0.653. The van der Waals surface area contributed by atoms with Gasteiger partial charge in [-0.25, -0.2) is 9.98 Å². The van der Waals surface area contributed by atoms with Gasteiger partial charge >= 0.3 is 0 Å². The summed E-state index contributed by atoms with van der Waals surface area (Å²) in [5.74, 6) is 0.820. The van der Waals surface area contributed by atoms with Crippen molar-refractivity contribution in [3.05, 3.63) is 54.1 Å². The molecule has 3 aromatic rings. The van der Waals surface area contributed by atoms with Gasteiger partial charge in [0, 0.05) is 36.8 Å². The van der Waals surface area contributed by atoms with Crippen LogP contribution in [0.2, 0.25) is 0 Å². The highest BCUT2D eigenvalue weighted by Crippen LogP contribution is 2.43. The highest BCUT2D eigenvalue weighted by atomic mass is 32.2. The number of carbonyl (C=O) groups excluding carboxylic acids is 1. The van der Waals surface area contributed by atoms with E-state index >= 15 is 0 Å². The Morgan fingerprint density at radius 1 is 1.26 bits per heavy atom. The predicted molar refractivity (Wildman–Crippen MR) is 121 cm³/mol. The van der Waals surface area contributed by atoms with E-state index in [1.807, 2.05) is 23.2 Å². The first kappa shape index (κ1) is 19.9. The lowest BCUT2D eigenvalue weighted by atomic mass is 9.89. The molecule has 2 aliphatic rings. The van der Waals surface area contributed by atoms with E-state index in [2.05, 4.69) is 41.2 Å². The van der Waals surface area contributed by atoms with Crippen LogP contribution in [0.1, 0.15) is 43.9 Å². The zero-order chi connectivity index (χ0) is 21.4. The Balaban J connectivity index is 1.42. The molecular formula is C23H24N6OS. The van der Waals surface area contributed by atoms with Crippen molar-refractivity contribution in [2.24, 2.45) is 10.9 Å². The van der Waals surface area contributed by atoms with Crippen LogP contribution >= 0.6 is 11.8 Å². The minimum absolute atomic E-state index is 0.208.